The van der Waals surface area contributed by atoms with Crippen molar-refractivity contribution in [1.29, 1.82) is 0 Å². The molecule has 0 aromatic carbocycles. The Labute approximate surface area is 92.5 Å². The zero-order valence-corrected chi connectivity index (χ0v) is 10.2. The molecule has 0 bridgehead atoms. The van der Waals surface area contributed by atoms with Gasteiger partial charge < -0.3 is 10.0 Å². The van der Waals surface area contributed by atoms with Crippen molar-refractivity contribution in [3.63, 3.8) is 0 Å². The highest BCUT2D eigenvalue weighted by Gasteiger charge is 2.28. The van der Waals surface area contributed by atoms with Crippen LogP contribution in [0, 0.1) is 5.41 Å². The van der Waals surface area contributed by atoms with E-state index < -0.39 is 6.17 Å². The average molecular weight is 217 g/mol. The highest BCUT2D eigenvalue weighted by Crippen LogP contribution is 2.28. The van der Waals surface area contributed by atoms with Crippen molar-refractivity contribution in [2.24, 2.45) is 5.41 Å². The van der Waals surface area contributed by atoms with Gasteiger partial charge in [-0.15, -0.1) is 0 Å². The summed E-state index contributed by atoms with van der Waals surface area (Å²) in [4.78, 5) is 2.28. The molecule has 2 atom stereocenters. The Kier molecular flexibility index (Phi) is 4.53. The lowest BCUT2D eigenvalue weighted by atomic mass is 9.87. The molecule has 3 heteroatoms. The zero-order valence-electron chi connectivity index (χ0n) is 10.2. The van der Waals surface area contributed by atoms with E-state index in [0.29, 0.717) is 6.42 Å². The van der Waals surface area contributed by atoms with Gasteiger partial charge in [-0.1, -0.05) is 13.8 Å². The predicted molar refractivity (Wildman–Crippen MR) is 60.6 cm³/mol. The number of alkyl halides is 1. The van der Waals surface area contributed by atoms with Gasteiger partial charge >= 0.3 is 0 Å². The molecule has 0 aromatic rings. The standard InChI is InChI=1S/C12H24FNO/c1-10(13)4-6-14-7-5-11(15)8-12(2,3)9-14/h10-11,15H,4-9H2,1-3H3/t10-,11-/m0/s1. The van der Waals surface area contributed by atoms with Crippen LogP contribution in [0.5, 0.6) is 0 Å². The van der Waals surface area contributed by atoms with E-state index in [1.807, 2.05) is 0 Å². The molecule has 15 heavy (non-hydrogen) atoms. The van der Waals surface area contributed by atoms with Crippen molar-refractivity contribution in [2.75, 3.05) is 19.6 Å². The molecule has 1 fully saturated rings. The maximum atomic E-state index is 12.8. The van der Waals surface area contributed by atoms with Crippen LogP contribution in [0.25, 0.3) is 0 Å². The van der Waals surface area contributed by atoms with E-state index in [0.717, 1.165) is 32.5 Å². The lowest BCUT2D eigenvalue weighted by molar-refractivity contribution is 0.121. The van der Waals surface area contributed by atoms with Gasteiger partial charge in [0, 0.05) is 19.6 Å². The third-order valence-corrected chi connectivity index (χ3v) is 3.06. The summed E-state index contributed by atoms with van der Waals surface area (Å²) in [5.41, 5.74) is 0.148. The quantitative estimate of drug-likeness (QED) is 0.783. The molecular formula is C12H24FNO. The first-order chi connectivity index (χ1) is 6.89. The Bertz CT molecular complexity index is 194. The molecule has 90 valence electrons. The largest absolute Gasteiger partial charge is 0.393 e. The molecule has 0 aromatic heterocycles. The van der Waals surface area contributed by atoms with Gasteiger partial charge in [-0.2, -0.15) is 0 Å². The molecule has 1 N–H and O–H groups in total. The van der Waals surface area contributed by atoms with Crippen LogP contribution in [-0.4, -0.2) is 41.9 Å². The van der Waals surface area contributed by atoms with Crippen LogP contribution in [0.15, 0.2) is 0 Å². The van der Waals surface area contributed by atoms with Crippen LogP contribution < -0.4 is 0 Å². The number of hydrogen-bond acceptors (Lipinski definition) is 2. The Morgan fingerprint density at radius 1 is 1.53 bits per heavy atom. The second-order valence-corrected chi connectivity index (χ2v) is 5.66. The second-order valence-electron chi connectivity index (χ2n) is 5.66. The maximum Gasteiger partial charge on any atom is 0.0985 e. The van der Waals surface area contributed by atoms with Gasteiger partial charge in [-0.3, -0.25) is 0 Å². The molecule has 1 aliphatic heterocycles. The molecule has 1 heterocycles. The van der Waals surface area contributed by atoms with E-state index in [-0.39, 0.29) is 11.5 Å². The third kappa shape index (κ3) is 4.94. The molecular weight excluding hydrogens is 193 g/mol. The maximum absolute atomic E-state index is 12.8. The normalized spacial score (nSPS) is 29.8. The first-order valence-corrected chi connectivity index (χ1v) is 5.93. The minimum atomic E-state index is -0.721. The molecule has 1 aliphatic rings. The van der Waals surface area contributed by atoms with Crippen molar-refractivity contribution in [3.8, 4) is 0 Å². The summed E-state index contributed by atoms with van der Waals surface area (Å²) in [6.45, 7) is 8.64. The number of aliphatic hydroxyl groups excluding tert-OH is 1. The Morgan fingerprint density at radius 2 is 2.20 bits per heavy atom. The molecule has 0 saturated carbocycles. The summed E-state index contributed by atoms with van der Waals surface area (Å²) in [6, 6.07) is 0. The SMILES string of the molecule is C[C@H](F)CCN1CC[C@H](O)CC(C)(C)C1. The minimum Gasteiger partial charge on any atom is -0.393 e. The van der Waals surface area contributed by atoms with Gasteiger partial charge in [-0.25, -0.2) is 4.39 Å². The Morgan fingerprint density at radius 3 is 2.80 bits per heavy atom. The molecule has 0 radical (unpaired) electrons. The molecule has 0 aliphatic carbocycles. The summed E-state index contributed by atoms with van der Waals surface area (Å²) in [5.74, 6) is 0. The van der Waals surface area contributed by atoms with E-state index in [2.05, 4.69) is 18.7 Å². The van der Waals surface area contributed by atoms with Crippen LogP contribution in [0.4, 0.5) is 4.39 Å². The Balaban J connectivity index is 2.44. The molecule has 0 amide bonds. The van der Waals surface area contributed by atoms with Gasteiger partial charge in [-0.05, 0) is 31.6 Å². The highest BCUT2D eigenvalue weighted by molar-refractivity contribution is 4.82. The lowest BCUT2D eigenvalue weighted by Crippen LogP contribution is -2.34. The summed E-state index contributed by atoms with van der Waals surface area (Å²) in [6.07, 6.45) is 1.37. The van der Waals surface area contributed by atoms with E-state index in [1.165, 1.54) is 0 Å². The number of aliphatic hydroxyl groups is 1. The molecule has 0 unspecified atom stereocenters. The van der Waals surface area contributed by atoms with Crippen LogP contribution >= 0.6 is 0 Å². The van der Waals surface area contributed by atoms with Crippen molar-refractivity contribution < 1.29 is 9.50 Å². The zero-order chi connectivity index (χ0) is 11.5. The van der Waals surface area contributed by atoms with Crippen LogP contribution in [0.3, 0.4) is 0 Å². The fourth-order valence-electron chi connectivity index (χ4n) is 2.37. The molecule has 1 saturated heterocycles. The van der Waals surface area contributed by atoms with Crippen LogP contribution in [-0.2, 0) is 0 Å². The minimum absolute atomic E-state index is 0.148. The topological polar surface area (TPSA) is 23.5 Å². The van der Waals surface area contributed by atoms with Crippen molar-refractivity contribution in [3.05, 3.63) is 0 Å². The molecule has 2 nitrogen and oxygen atoms in total. The lowest BCUT2D eigenvalue weighted by Gasteiger charge is -2.29. The second kappa shape index (κ2) is 5.26. The number of likely N-dealkylation sites (tertiary alicyclic amines) is 1. The monoisotopic (exact) mass is 217 g/mol. The van der Waals surface area contributed by atoms with E-state index in [1.54, 1.807) is 6.92 Å². The predicted octanol–water partition coefficient (Wildman–Crippen LogP) is 2.22. The summed E-state index contributed by atoms with van der Waals surface area (Å²) < 4.78 is 12.8. The summed E-state index contributed by atoms with van der Waals surface area (Å²) in [7, 11) is 0. The smallest absolute Gasteiger partial charge is 0.0985 e. The van der Waals surface area contributed by atoms with Crippen LogP contribution in [0.2, 0.25) is 0 Å². The molecule has 0 spiro atoms. The third-order valence-electron chi connectivity index (χ3n) is 3.06. The Hall–Kier alpha value is -0.150. The number of halogens is 1. The van der Waals surface area contributed by atoms with Gasteiger partial charge in [0.25, 0.3) is 0 Å². The van der Waals surface area contributed by atoms with Gasteiger partial charge in [0.15, 0.2) is 0 Å². The van der Waals surface area contributed by atoms with Crippen LogP contribution in [0.1, 0.15) is 40.0 Å². The first-order valence-electron chi connectivity index (χ1n) is 5.93. The van der Waals surface area contributed by atoms with Crippen molar-refractivity contribution in [1.82, 2.24) is 4.90 Å². The van der Waals surface area contributed by atoms with E-state index in [4.69, 9.17) is 0 Å². The number of nitrogens with zero attached hydrogens (tertiary/aromatic N) is 1. The average Bonchev–Trinajstić information content (AvgIpc) is 2.20. The highest BCUT2D eigenvalue weighted by atomic mass is 19.1. The number of rotatable bonds is 3. The van der Waals surface area contributed by atoms with Crippen molar-refractivity contribution >= 4 is 0 Å². The fraction of sp³-hybridized carbons (Fsp3) is 1.00. The van der Waals surface area contributed by atoms with Gasteiger partial charge in [0.05, 0.1) is 12.3 Å². The first kappa shape index (κ1) is 12.9. The molecule has 1 rings (SSSR count). The van der Waals surface area contributed by atoms with Gasteiger partial charge in [0.1, 0.15) is 0 Å². The fourth-order valence-corrected chi connectivity index (χ4v) is 2.37. The van der Waals surface area contributed by atoms with Crippen molar-refractivity contribution in [2.45, 2.75) is 52.3 Å². The summed E-state index contributed by atoms with van der Waals surface area (Å²) in [5, 5.41) is 9.72. The number of hydrogen-bond donors (Lipinski definition) is 1. The van der Waals surface area contributed by atoms with E-state index in [9.17, 15) is 9.50 Å². The summed E-state index contributed by atoms with van der Waals surface area (Å²) >= 11 is 0. The van der Waals surface area contributed by atoms with Gasteiger partial charge in [0.2, 0.25) is 0 Å². The van der Waals surface area contributed by atoms with E-state index >= 15 is 0 Å².